The fourth-order valence-electron chi connectivity index (χ4n) is 4.98. The molecule has 6 nitrogen and oxygen atoms in total. The van der Waals surface area contributed by atoms with Crippen LogP contribution in [-0.2, 0) is 14.8 Å². The number of methoxy groups -OCH3 is 1. The molecule has 2 heterocycles. The molecule has 2 aromatic rings. The molecule has 0 spiro atoms. The van der Waals surface area contributed by atoms with Gasteiger partial charge in [-0.25, -0.2) is 8.42 Å². The van der Waals surface area contributed by atoms with Gasteiger partial charge in [-0.1, -0.05) is 42.7 Å². The van der Waals surface area contributed by atoms with Gasteiger partial charge < -0.3 is 9.64 Å². The lowest BCUT2D eigenvalue weighted by Gasteiger charge is -2.37. The van der Waals surface area contributed by atoms with Crippen molar-refractivity contribution in [2.45, 2.75) is 56.4 Å². The van der Waals surface area contributed by atoms with Gasteiger partial charge in [-0.05, 0) is 62.4 Å². The zero-order valence-electron chi connectivity index (χ0n) is 19.6. The molecular weight excluding hydrogens is 436 g/mol. The van der Waals surface area contributed by atoms with E-state index in [0.29, 0.717) is 30.8 Å². The average molecular weight is 471 g/mol. The Labute approximate surface area is 197 Å². The number of amides is 1. The summed E-state index contributed by atoms with van der Waals surface area (Å²) in [4.78, 5) is 16.0. The van der Waals surface area contributed by atoms with Crippen molar-refractivity contribution in [1.82, 2.24) is 9.21 Å². The van der Waals surface area contributed by atoms with Crippen LogP contribution in [0.25, 0.3) is 0 Å². The van der Waals surface area contributed by atoms with Gasteiger partial charge in [0.25, 0.3) is 0 Å². The average Bonchev–Trinajstić information content (AvgIpc) is 3.10. The van der Waals surface area contributed by atoms with Crippen molar-refractivity contribution in [3.63, 3.8) is 0 Å². The lowest BCUT2D eigenvalue weighted by Crippen LogP contribution is -2.45. The molecule has 2 aliphatic heterocycles. The Morgan fingerprint density at radius 2 is 1.55 bits per heavy atom. The number of hydrogen-bond donors (Lipinski definition) is 0. The number of benzene rings is 2. The summed E-state index contributed by atoms with van der Waals surface area (Å²) in [5.41, 5.74) is 2.17. The predicted octanol–water partition coefficient (Wildman–Crippen LogP) is 4.55. The van der Waals surface area contributed by atoms with E-state index < -0.39 is 10.0 Å². The zero-order valence-corrected chi connectivity index (χ0v) is 20.4. The number of nitrogens with zero attached hydrogens (tertiary/aromatic N) is 2. The molecule has 0 N–H and O–H groups in total. The third kappa shape index (κ3) is 5.25. The highest BCUT2D eigenvalue weighted by Crippen LogP contribution is 2.34. The molecule has 0 aromatic heterocycles. The second-order valence-corrected chi connectivity index (χ2v) is 11.1. The van der Waals surface area contributed by atoms with Gasteiger partial charge in [0.1, 0.15) is 5.75 Å². The maximum absolute atomic E-state index is 13.6. The Bertz CT molecular complexity index is 1040. The standard InChI is InChI=1S/C26H34N2O4S/c1-20-7-13-24(14-8-20)33(30,31)27-18-15-22(16-19-27)26(29)28-17-5-3-4-6-25(28)21-9-11-23(32-2)12-10-21/h7-14,22,25H,3-6,15-19H2,1-2H3/t25-/m0/s1. The van der Waals surface area contributed by atoms with E-state index in [-0.39, 0.29) is 17.9 Å². The normalized spacial score (nSPS) is 20.9. The summed E-state index contributed by atoms with van der Waals surface area (Å²) in [7, 11) is -1.87. The number of carbonyl (C=O) groups excluding carboxylic acids is 1. The Morgan fingerprint density at radius 1 is 0.879 bits per heavy atom. The quantitative estimate of drug-likeness (QED) is 0.643. The highest BCUT2D eigenvalue weighted by molar-refractivity contribution is 7.89. The third-order valence-corrected chi connectivity index (χ3v) is 8.91. The van der Waals surface area contributed by atoms with Crippen LogP contribution in [0, 0.1) is 12.8 Å². The number of sulfonamides is 1. The van der Waals surface area contributed by atoms with Gasteiger partial charge >= 0.3 is 0 Å². The topological polar surface area (TPSA) is 66.9 Å². The van der Waals surface area contributed by atoms with Crippen molar-refractivity contribution in [3.8, 4) is 5.75 Å². The Kier molecular flexibility index (Phi) is 7.39. The summed E-state index contributed by atoms with van der Waals surface area (Å²) in [5.74, 6) is 0.853. The van der Waals surface area contributed by atoms with Crippen LogP contribution in [0.15, 0.2) is 53.4 Å². The Balaban J connectivity index is 1.45. The zero-order chi connectivity index (χ0) is 23.4. The van der Waals surface area contributed by atoms with Crippen molar-refractivity contribution < 1.29 is 17.9 Å². The van der Waals surface area contributed by atoms with Gasteiger partial charge in [0.05, 0.1) is 18.0 Å². The summed E-state index contributed by atoms with van der Waals surface area (Å²) in [6.07, 6.45) is 5.33. The molecule has 1 atom stereocenters. The van der Waals surface area contributed by atoms with E-state index in [1.54, 1.807) is 19.2 Å². The number of aryl methyl sites for hydroxylation is 1. The minimum absolute atomic E-state index is 0.0697. The van der Waals surface area contributed by atoms with Crippen molar-refractivity contribution in [2.24, 2.45) is 5.92 Å². The van der Waals surface area contributed by atoms with Gasteiger partial charge in [0, 0.05) is 25.6 Å². The Hall–Kier alpha value is -2.38. The van der Waals surface area contributed by atoms with Crippen LogP contribution in [0.5, 0.6) is 5.75 Å². The van der Waals surface area contributed by atoms with Crippen molar-refractivity contribution >= 4 is 15.9 Å². The van der Waals surface area contributed by atoms with Crippen molar-refractivity contribution in [2.75, 3.05) is 26.7 Å². The molecule has 0 saturated carbocycles. The van der Waals surface area contributed by atoms with Crippen molar-refractivity contribution in [3.05, 3.63) is 59.7 Å². The maximum atomic E-state index is 13.6. The predicted molar refractivity (Wildman–Crippen MR) is 129 cm³/mol. The first-order chi connectivity index (χ1) is 15.9. The Morgan fingerprint density at radius 3 is 2.18 bits per heavy atom. The number of piperidine rings is 1. The molecule has 2 aliphatic rings. The lowest BCUT2D eigenvalue weighted by molar-refractivity contribution is -0.139. The van der Waals surface area contributed by atoms with E-state index in [9.17, 15) is 13.2 Å². The third-order valence-electron chi connectivity index (χ3n) is 7.00. The summed E-state index contributed by atoms with van der Waals surface area (Å²) in [5, 5.41) is 0. The summed E-state index contributed by atoms with van der Waals surface area (Å²) < 4.78 is 32.9. The molecule has 0 aliphatic carbocycles. The smallest absolute Gasteiger partial charge is 0.243 e. The van der Waals surface area contributed by atoms with Crippen LogP contribution in [0.1, 0.15) is 55.7 Å². The molecule has 0 unspecified atom stereocenters. The highest BCUT2D eigenvalue weighted by atomic mass is 32.2. The first-order valence-electron chi connectivity index (χ1n) is 11.9. The monoisotopic (exact) mass is 470 g/mol. The van der Waals surface area contributed by atoms with Gasteiger partial charge in [-0.15, -0.1) is 0 Å². The van der Waals surface area contributed by atoms with E-state index in [4.69, 9.17) is 4.74 Å². The number of carbonyl (C=O) groups is 1. The van der Waals surface area contributed by atoms with Crippen molar-refractivity contribution in [1.29, 1.82) is 0 Å². The molecule has 33 heavy (non-hydrogen) atoms. The van der Waals surface area contributed by atoms with E-state index in [0.717, 1.165) is 49.1 Å². The minimum atomic E-state index is -3.52. The summed E-state index contributed by atoms with van der Waals surface area (Å²) in [6.45, 7) is 3.47. The molecule has 2 fully saturated rings. The fraction of sp³-hybridized carbons (Fsp3) is 0.500. The molecule has 7 heteroatoms. The van der Waals surface area contributed by atoms with Gasteiger partial charge in [-0.2, -0.15) is 4.31 Å². The number of likely N-dealkylation sites (tertiary alicyclic amines) is 1. The second kappa shape index (κ2) is 10.3. The van der Waals surface area contributed by atoms with E-state index in [1.165, 1.54) is 4.31 Å². The first kappa shape index (κ1) is 23.8. The van der Waals surface area contributed by atoms with E-state index >= 15 is 0 Å². The lowest BCUT2D eigenvalue weighted by atomic mass is 9.94. The van der Waals surface area contributed by atoms with E-state index in [2.05, 4.69) is 17.0 Å². The molecule has 1 amide bonds. The fourth-order valence-corrected chi connectivity index (χ4v) is 6.45. The number of ether oxygens (including phenoxy) is 1. The molecule has 0 radical (unpaired) electrons. The molecule has 4 rings (SSSR count). The SMILES string of the molecule is COc1ccc([C@@H]2CCCCCN2C(=O)C2CCN(S(=O)(=O)c3ccc(C)cc3)CC2)cc1. The van der Waals surface area contributed by atoms with Crippen LogP contribution >= 0.6 is 0 Å². The number of rotatable bonds is 5. The molecule has 2 aromatic carbocycles. The first-order valence-corrected chi connectivity index (χ1v) is 13.4. The van der Waals surface area contributed by atoms with Crippen LogP contribution < -0.4 is 4.74 Å². The molecule has 0 bridgehead atoms. The second-order valence-electron chi connectivity index (χ2n) is 9.16. The largest absolute Gasteiger partial charge is 0.497 e. The highest BCUT2D eigenvalue weighted by Gasteiger charge is 2.36. The maximum Gasteiger partial charge on any atom is 0.243 e. The van der Waals surface area contributed by atoms with E-state index in [1.807, 2.05) is 31.2 Å². The minimum Gasteiger partial charge on any atom is -0.497 e. The summed E-state index contributed by atoms with van der Waals surface area (Å²) in [6, 6.07) is 15.1. The summed E-state index contributed by atoms with van der Waals surface area (Å²) >= 11 is 0. The van der Waals surface area contributed by atoms with Gasteiger partial charge in [0.15, 0.2) is 0 Å². The van der Waals surface area contributed by atoms with Crippen LogP contribution in [0.3, 0.4) is 0 Å². The molecule has 2 saturated heterocycles. The van der Waals surface area contributed by atoms with Gasteiger partial charge in [0.2, 0.25) is 15.9 Å². The molecular formula is C26H34N2O4S. The van der Waals surface area contributed by atoms with Crippen LogP contribution in [0.4, 0.5) is 0 Å². The van der Waals surface area contributed by atoms with Gasteiger partial charge in [-0.3, -0.25) is 4.79 Å². The van der Waals surface area contributed by atoms with Crippen LogP contribution in [-0.4, -0.2) is 50.3 Å². The number of hydrogen-bond acceptors (Lipinski definition) is 4. The van der Waals surface area contributed by atoms with Crippen LogP contribution in [0.2, 0.25) is 0 Å². The molecule has 178 valence electrons.